The molecule has 0 spiro atoms. The summed E-state index contributed by atoms with van der Waals surface area (Å²) >= 11 is 1.63. The first-order valence-corrected chi connectivity index (χ1v) is 4.96. The number of rotatable bonds is 2. The lowest BCUT2D eigenvalue weighted by Crippen LogP contribution is -2.21. The third-order valence-corrected chi connectivity index (χ3v) is 3.26. The van der Waals surface area contributed by atoms with Gasteiger partial charge in [-0.05, 0) is 18.2 Å². The Morgan fingerprint density at radius 2 is 2.36 bits per heavy atom. The van der Waals surface area contributed by atoms with E-state index in [-0.39, 0.29) is 0 Å². The molecule has 0 saturated carbocycles. The molecule has 1 atom stereocenters. The Balaban J connectivity index is 2.79. The summed E-state index contributed by atoms with van der Waals surface area (Å²) in [4.78, 5) is 0. The topological polar surface area (TPSA) is 26.9 Å². The highest BCUT2D eigenvalue weighted by Crippen LogP contribution is 2.17. The second kappa shape index (κ2) is 3.39. The molecule has 1 unspecified atom stereocenters. The summed E-state index contributed by atoms with van der Waals surface area (Å²) in [7, 11) is 1.99. The lowest BCUT2D eigenvalue weighted by atomic mass is 10.0. The molecule has 2 nitrogen and oxygen atoms in total. The second-order valence-corrected chi connectivity index (χ2v) is 3.92. The normalized spacial score (nSPS) is 21.2. The van der Waals surface area contributed by atoms with Gasteiger partial charge in [-0.25, -0.2) is 4.58 Å². The first kappa shape index (κ1) is 8.78. The van der Waals surface area contributed by atoms with Crippen LogP contribution in [0.2, 0.25) is 0 Å². The molecule has 0 aromatic carbocycles. The van der Waals surface area contributed by atoms with Gasteiger partial charge in [-0.15, -0.1) is 0 Å². The van der Waals surface area contributed by atoms with E-state index in [1.54, 1.807) is 11.8 Å². The van der Waals surface area contributed by atoms with Crippen LogP contribution < -0.4 is 0 Å². The average Bonchev–Trinajstić information content (AvgIpc) is 2.32. The van der Waals surface area contributed by atoms with Crippen LogP contribution in [-0.4, -0.2) is 28.3 Å². The van der Waals surface area contributed by atoms with E-state index in [1.807, 2.05) is 11.6 Å². The zero-order valence-electron chi connectivity index (χ0n) is 7.35. The summed E-state index contributed by atoms with van der Waals surface area (Å²) in [5.74, 6) is 1.65. The summed E-state index contributed by atoms with van der Waals surface area (Å²) in [6.07, 6.45) is 1.17. The zero-order valence-corrected chi connectivity index (χ0v) is 8.16. The molecule has 0 aliphatic carbocycles. The monoisotopic (exact) mass is 171 g/mol. The largest absolute Gasteiger partial charge is 0.351 e. The molecule has 0 amide bonds. The van der Waals surface area contributed by atoms with Gasteiger partial charge >= 0.3 is 5.17 Å². The van der Waals surface area contributed by atoms with Crippen LogP contribution in [0.15, 0.2) is 0 Å². The fraction of sp³-hybridized carbons (Fsp3) is 0.750. The number of nitrogens with one attached hydrogen (secondary N) is 1. The van der Waals surface area contributed by atoms with Gasteiger partial charge in [0.05, 0.1) is 18.5 Å². The molecule has 0 radical (unpaired) electrons. The summed E-state index contributed by atoms with van der Waals surface area (Å²) in [6.45, 7) is 4.42. The highest BCUT2D eigenvalue weighted by Gasteiger charge is 2.26. The van der Waals surface area contributed by atoms with Gasteiger partial charge in [0.2, 0.25) is 0 Å². The van der Waals surface area contributed by atoms with Crippen molar-refractivity contribution in [3.63, 3.8) is 0 Å². The molecule has 0 aromatic heterocycles. The molecule has 3 heteroatoms. The zero-order chi connectivity index (χ0) is 8.43. The van der Waals surface area contributed by atoms with E-state index in [0.29, 0.717) is 11.1 Å². The van der Waals surface area contributed by atoms with Crippen molar-refractivity contribution >= 4 is 22.6 Å². The Morgan fingerprint density at radius 1 is 1.73 bits per heavy atom. The van der Waals surface area contributed by atoms with Crippen LogP contribution in [-0.2, 0) is 0 Å². The molecule has 1 aliphatic rings. The number of amidine groups is 1. The Labute approximate surface area is 72.2 Å². The summed E-state index contributed by atoms with van der Waals surface area (Å²) in [5.41, 5.74) is 1.41. The van der Waals surface area contributed by atoms with E-state index in [4.69, 9.17) is 5.41 Å². The number of hydrogen-bond acceptors (Lipinski definition) is 2. The predicted octanol–water partition coefficient (Wildman–Crippen LogP) is 1.80. The van der Waals surface area contributed by atoms with E-state index in [0.717, 1.165) is 5.75 Å². The quantitative estimate of drug-likeness (QED) is 0.630. The van der Waals surface area contributed by atoms with Crippen LogP contribution in [0, 0.1) is 11.3 Å². The minimum atomic E-state index is 0.635. The van der Waals surface area contributed by atoms with Crippen LogP contribution in [0.3, 0.4) is 0 Å². The van der Waals surface area contributed by atoms with Crippen molar-refractivity contribution in [2.24, 2.45) is 5.92 Å². The fourth-order valence-electron chi connectivity index (χ4n) is 1.17. The molecular formula is C8H15N2S+. The van der Waals surface area contributed by atoms with E-state index < -0.39 is 0 Å². The standard InChI is InChI=1S/C8H15N2S/c1-4-6(2)7-5-11-8(9)10(7)3/h6,9H,4-5H2,1-3H3/q+1. The summed E-state index contributed by atoms with van der Waals surface area (Å²) < 4.78 is 2.01. The molecular weight excluding hydrogens is 156 g/mol. The molecule has 1 N–H and O–H groups in total. The third-order valence-electron chi connectivity index (χ3n) is 2.27. The van der Waals surface area contributed by atoms with Gasteiger partial charge in [0.1, 0.15) is 0 Å². The van der Waals surface area contributed by atoms with Crippen molar-refractivity contribution in [3.05, 3.63) is 0 Å². The lowest BCUT2D eigenvalue weighted by molar-refractivity contribution is -0.367. The van der Waals surface area contributed by atoms with Gasteiger partial charge in [-0.1, -0.05) is 19.3 Å². The van der Waals surface area contributed by atoms with Gasteiger partial charge < -0.3 is 0 Å². The van der Waals surface area contributed by atoms with Crippen molar-refractivity contribution in [1.29, 1.82) is 5.41 Å². The summed E-state index contributed by atoms with van der Waals surface area (Å²) in [5, 5.41) is 8.22. The van der Waals surface area contributed by atoms with Crippen LogP contribution in [0.4, 0.5) is 0 Å². The fourth-order valence-corrected chi connectivity index (χ4v) is 2.25. The van der Waals surface area contributed by atoms with E-state index in [2.05, 4.69) is 13.8 Å². The number of hydrogen-bond donors (Lipinski definition) is 1. The van der Waals surface area contributed by atoms with Gasteiger partial charge in [0, 0.05) is 5.92 Å². The van der Waals surface area contributed by atoms with Crippen molar-refractivity contribution in [2.75, 3.05) is 12.8 Å². The summed E-state index contributed by atoms with van der Waals surface area (Å²) in [6, 6.07) is 0. The molecule has 0 aromatic rings. The van der Waals surface area contributed by atoms with E-state index >= 15 is 0 Å². The minimum absolute atomic E-state index is 0.635. The Bertz CT molecular complexity index is 208. The van der Waals surface area contributed by atoms with Crippen molar-refractivity contribution < 1.29 is 4.58 Å². The molecule has 0 saturated heterocycles. The SMILES string of the molecule is CCC(C)C1=[N+](C)C(=N)SC1. The van der Waals surface area contributed by atoms with E-state index in [9.17, 15) is 0 Å². The molecule has 62 valence electrons. The maximum atomic E-state index is 7.52. The maximum Gasteiger partial charge on any atom is 0.351 e. The maximum absolute atomic E-state index is 7.52. The van der Waals surface area contributed by atoms with Crippen molar-refractivity contribution in [3.8, 4) is 0 Å². The number of thioether (sulfide) groups is 1. The highest BCUT2D eigenvalue weighted by atomic mass is 32.2. The Kier molecular flexibility index (Phi) is 2.71. The van der Waals surface area contributed by atoms with Crippen molar-refractivity contribution in [1.82, 2.24) is 0 Å². The number of nitrogens with zero attached hydrogens (tertiary/aromatic N) is 1. The van der Waals surface area contributed by atoms with Gasteiger partial charge in [0.25, 0.3) is 0 Å². The third kappa shape index (κ3) is 1.64. The van der Waals surface area contributed by atoms with Crippen LogP contribution in [0.25, 0.3) is 0 Å². The van der Waals surface area contributed by atoms with Gasteiger partial charge in [0.15, 0.2) is 0 Å². The molecule has 1 heterocycles. The predicted molar refractivity (Wildman–Crippen MR) is 50.8 cm³/mol. The molecule has 1 aliphatic heterocycles. The first-order valence-electron chi connectivity index (χ1n) is 3.97. The molecule has 0 fully saturated rings. The minimum Gasteiger partial charge on any atom is -0.228 e. The molecule has 11 heavy (non-hydrogen) atoms. The lowest BCUT2D eigenvalue weighted by Gasteiger charge is -2.05. The van der Waals surface area contributed by atoms with Gasteiger partial charge in [-0.2, -0.15) is 0 Å². The average molecular weight is 171 g/mol. The Hall–Kier alpha value is -0.310. The smallest absolute Gasteiger partial charge is 0.228 e. The highest BCUT2D eigenvalue weighted by molar-refractivity contribution is 8.14. The van der Waals surface area contributed by atoms with Crippen molar-refractivity contribution in [2.45, 2.75) is 20.3 Å². The second-order valence-electron chi connectivity index (χ2n) is 2.95. The first-order chi connectivity index (χ1) is 5.16. The van der Waals surface area contributed by atoms with Gasteiger partial charge in [-0.3, -0.25) is 0 Å². The molecule has 1 rings (SSSR count). The van der Waals surface area contributed by atoms with Crippen LogP contribution in [0.1, 0.15) is 20.3 Å². The Morgan fingerprint density at radius 3 is 2.73 bits per heavy atom. The van der Waals surface area contributed by atoms with E-state index in [1.165, 1.54) is 12.1 Å². The van der Waals surface area contributed by atoms with Crippen LogP contribution >= 0.6 is 11.8 Å². The van der Waals surface area contributed by atoms with Crippen LogP contribution in [0.5, 0.6) is 0 Å². The molecule has 0 bridgehead atoms.